The number of rotatable bonds is 11. The van der Waals surface area contributed by atoms with E-state index in [0.717, 1.165) is 39.5 Å². The maximum absolute atomic E-state index is 11.3. The summed E-state index contributed by atoms with van der Waals surface area (Å²) in [5.74, 6) is -0.586. The highest BCUT2D eigenvalue weighted by Gasteiger charge is 2.20. The zero-order chi connectivity index (χ0) is 23.9. The van der Waals surface area contributed by atoms with Gasteiger partial charge >= 0.3 is 5.97 Å². The van der Waals surface area contributed by atoms with E-state index >= 15 is 0 Å². The summed E-state index contributed by atoms with van der Waals surface area (Å²) < 4.78 is 10.9. The van der Waals surface area contributed by atoms with Crippen molar-refractivity contribution in [3.63, 3.8) is 0 Å². The molecule has 2 aromatic carbocycles. The number of aryl methyl sites for hydroxylation is 2. The Kier molecular flexibility index (Phi) is 7.72. The highest BCUT2D eigenvalue weighted by atomic mass is 32.1. The normalized spacial score (nSPS) is 11.9. The Bertz CT molecular complexity index is 1200. The Morgan fingerprint density at radius 1 is 1.12 bits per heavy atom. The van der Waals surface area contributed by atoms with E-state index in [0.29, 0.717) is 18.1 Å². The number of ether oxygens (including phenoxy) is 1. The number of carboxylic acid groups (broad SMARTS) is 1. The first-order valence-electron chi connectivity index (χ1n) is 11.0. The van der Waals surface area contributed by atoms with Crippen LogP contribution in [0.25, 0.3) is 10.6 Å². The van der Waals surface area contributed by atoms with Crippen LogP contribution in [0.3, 0.4) is 0 Å². The van der Waals surface area contributed by atoms with Gasteiger partial charge in [0.25, 0.3) is 0 Å². The third-order valence-electron chi connectivity index (χ3n) is 5.56. The molecule has 176 valence electrons. The number of aromatic nitrogens is 2. The molecule has 0 spiro atoms. The van der Waals surface area contributed by atoms with Gasteiger partial charge in [-0.2, -0.15) is 0 Å². The average Bonchev–Trinajstić information content (AvgIpc) is 3.51. The second-order valence-electron chi connectivity index (χ2n) is 7.98. The summed E-state index contributed by atoms with van der Waals surface area (Å²) in [6.45, 7) is 2.58. The molecule has 1 atom stereocenters. The van der Waals surface area contributed by atoms with Crippen LogP contribution in [-0.2, 0) is 17.8 Å². The van der Waals surface area contributed by atoms with E-state index < -0.39 is 5.97 Å². The molecule has 0 unspecified atom stereocenters. The molecule has 0 aliphatic rings. The van der Waals surface area contributed by atoms with Crippen molar-refractivity contribution >= 4 is 17.3 Å². The lowest BCUT2D eigenvalue weighted by atomic mass is 9.92. The van der Waals surface area contributed by atoms with E-state index in [2.05, 4.69) is 29.4 Å². The van der Waals surface area contributed by atoms with Crippen molar-refractivity contribution in [3.8, 4) is 16.3 Å². The van der Waals surface area contributed by atoms with E-state index in [4.69, 9.17) is 19.4 Å². The lowest BCUT2D eigenvalue weighted by molar-refractivity contribution is -0.137. The molecule has 0 amide bonds. The van der Waals surface area contributed by atoms with Gasteiger partial charge in [-0.25, -0.2) is 4.98 Å². The highest BCUT2D eigenvalue weighted by molar-refractivity contribution is 7.15. The van der Waals surface area contributed by atoms with E-state index in [1.807, 2.05) is 31.2 Å². The Labute approximate surface area is 201 Å². The molecular weight excluding hydrogens is 452 g/mol. The van der Waals surface area contributed by atoms with Crippen LogP contribution in [-0.4, -0.2) is 32.9 Å². The van der Waals surface area contributed by atoms with Crippen LogP contribution >= 0.6 is 11.3 Å². The molecule has 2 aromatic heterocycles. The van der Waals surface area contributed by atoms with Gasteiger partial charge in [0.1, 0.15) is 23.6 Å². The van der Waals surface area contributed by atoms with Crippen molar-refractivity contribution in [3.05, 3.63) is 88.3 Å². The number of carboxylic acids is 1. The molecule has 7 nitrogen and oxygen atoms in total. The molecule has 0 radical (unpaired) electrons. The van der Waals surface area contributed by atoms with Crippen LogP contribution in [0.15, 0.2) is 65.4 Å². The topological polar surface area (TPSA) is 106 Å². The van der Waals surface area contributed by atoms with Crippen molar-refractivity contribution < 1.29 is 24.3 Å². The van der Waals surface area contributed by atoms with E-state index in [1.165, 1.54) is 11.8 Å². The van der Waals surface area contributed by atoms with E-state index in [9.17, 15) is 9.90 Å². The predicted octanol–water partition coefficient (Wildman–Crippen LogP) is 5.22. The molecule has 0 saturated heterocycles. The SMILES string of the molecule is Cc1nc(-c2ccc(CCCO)cc2)sc1COc1ccc([C@H](CC(=O)O)c2ccon2)cc1. The molecule has 8 heteroatoms. The zero-order valence-electron chi connectivity index (χ0n) is 18.8. The van der Waals surface area contributed by atoms with Crippen LogP contribution in [0.4, 0.5) is 0 Å². The van der Waals surface area contributed by atoms with Gasteiger partial charge in [0, 0.05) is 24.2 Å². The molecule has 0 bridgehead atoms. The maximum Gasteiger partial charge on any atom is 0.304 e. The summed E-state index contributed by atoms with van der Waals surface area (Å²) >= 11 is 1.61. The largest absolute Gasteiger partial charge is 0.488 e. The van der Waals surface area contributed by atoms with Crippen molar-refractivity contribution in [1.82, 2.24) is 10.1 Å². The number of hydrogen-bond donors (Lipinski definition) is 2. The fraction of sp³-hybridized carbons (Fsp3) is 0.269. The highest BCUT2D eigenvalue weighted by Crippen LogP contribution is 2.31. The number of aliphatic carboxylic acids is 1. The number of thiazole rings is 1. The fourth-order valence-corrected chi connectivity index (χ4v) is 4.68. The van der Waals surface area contributed by atoms with Gasteiger partial charge in [0.2, 0.25) is 0 Å². The molecular formula is C26H26N2O5S. The van der Waals surface area contributed by atoms with Crippen LogP contribution in [0.5, 0.6) is 5.75 Å². The van der Waals surface area contributed by atoms with Crippen molar-refractivity contribution in [2.75, 3.05) is 6.61 Å². The molecule has 4 aromatic rings. The summed E-state index contributed by atoms with van der Waals surface area (Å²) in [5, 5.41) is 23.1. The van der Waals surface area contributed by atoms with Crippen LogP contribution in [0, 0.1) is 6.92 Å². The summed E-state index contributed by atoms with van der Waals surface area (Å²) in [6.07, 6.45) is 3.00. The smallest absolute Gasteiger partial charge is 0.304 e. The molecule has 4 rings (SSSR count). The first-order chi connectivity index (χ1) is 16.5. The van der Waals surface area contributed by atoms with Gasteiger partial charge in [-0.3, -0.25) is 4.79 Å². The Hall–Kier alpha value is -3.49. The lowest BCUT2D eigenvalue weighted by Crippen LogP contribution is -2.08. The van der Waals surface area contributed by atoms with Crippen LogP contribution in [0.1, 0.15) is 46.2 Å². The zero-order valence-corrected chi connectivity index (χ0v) is 19.6. The Balaban J connectivity index is 1.41. The standard InChI is InChI=1S/C26H26N2O5S/c1-17-24(34-26(27-17)20-6-4-18(5-7-20)3-2-13-29)16-32-21-10-8-19(9-11-21)22(15-25(30)31)23-12-14-33-28-23/h4-12,14,22,29H,2-3,13,15-16H2,1H3,(H,30,31)/t22-/m0/s1. The fourth-order valence-electron chi connectivity index (χ4n) is 3.70. The molecule has 0 fully saturated rings. The molecule has 0 aliphatic heterocycles. The number of benzene rings is 2. The molecule has 34 heavy (non-hydrogen) atoms. The van der Waals surface area contributed by atoms with Gasteiger partial charge in [0.05, 0.1) is 22.7 Å². The molecule has 0 saturated carbocycles. The number of aliphatic hydroxyl groups is 1. The molecule has 0 aliphatic carbocycles. The summed E-state index contributed by atoms with van der Waals surface area (Å²) in [7, 11) is 0. The minimum atomic E-state index is -0.899. The predicted molar refractivity (Wildman–Crippen MR) is 129 cm³/mol. The second-order valence-corrected chi connectivity index (χ2v) is 9.07. The van der Waals surface area contributed by atoms with Crippen molar-refractivity contribution in [1.29, 1.82) is 0 Å². The molecule has 2 N–H and O–H groups in total. The van der Waals surface area contributed by atoms with Crippen molar-refractivity contribution in [2.24, 2.45) is 0 Å². The molecule has 2 heterocycles. The van der Waals surface area contributed by atoms with E-state index in [-0.39, 0.29) is 18.9 Å². The summed E-state index contributed by atoms with van der Waals surface area (Å²) in [5.41, 5.74) is 4.63. The van der Waals surface area contributed by atoms with Gasteiger partial charge < -0.3 is 19.5 Å². The first-order valence-corrected chi connectivity index (χ1v) is 11.9. The van der Waals surface area contributed by atoms with Crippen LogP contribution in [0.2, 0.25) is 0 Å². The lowest BCUT2D eigenvalue weighted by Gasteiger charge is -2.13. The number of nitrogens with zero attached hydrogens (tertiary/aromatic N) is 2. The Morgan fingerprint density at radius 2 is 1.88 bits per heavy atom. The van der Waals surface area contributed by atoms with Gasteiger partial charge in [-0.05, 0) is 43.0 Å². The number of hydrogen-bond acceptors (Lipinski definition) is 7. The summed E-state index contributed by atoms with van der Waals surface area (Å²) in [4.78, 5) is 17.1. The minimum absolute atomic E-state index is 0.0714. The van der Waals surface area contributed by atoms with Gasteiger partial charge in [-0.15, -0.1) is 11.3 Å². The second kappa shape index (κ2) is 11.1. The third-order valence-corrected chi connectivity index (χ3v) is 6.74. The quantitative estimate of drug-likeness (QED) is 0.304. The third kappa shape index (κ3) is 5.89. The maximum atomic E-state index is 11.3. The monoisotopic (exact) mass is 478 g/mol. The summed E-state index contributed by atoms with van der Waals surface area (Å²) in [6, 6.07) is 17.4. The average molecular weight is 479 g/mol. The minimum Gasteiger partial charge on any atom is -0.488 e. The van der Waals surface area contributed by atoms with Crippen LogP contribution < -0.4 is 4.74 Å². The number of aliphatic hydroxyl groups excluding tert-OH is 1. The van der Waals surface area contributed by atoms with E-state index in [1.54, 1.807) is 17.4 Å². The Morgan fingerprint density at radius 3 is 2.53 bits per heavy atom. The number of carbonyl (C=O) groups is 1. The first kappa shape index (κ1) is 23.7. The van der Waals surface area contributed by atoms with Gasteiger partial charge in [0.15, 0.2) is 0 Å². The van der Waals surface area contributed by atoms with Gasteiger partial charge in [-0.1, -0.05) is 41.6 Å². The van der Waals surface area contributed by atoms with Crippen molar-refractivity contribution in [2.45, 2.75) is 38.7 Å².